The molecule has 0 saturated heterocycles. The molecule has 0 atom stereocenters. The third-order valence-corrected chi connectivity index (χ3v) is 3.64. The standard InChI is InChI=1S/C15H26N4O3/c1-15(2,3)22-14(20)18-13-10(9-17-19(13)4)8-16-11-6-12(7-11)21-5/h9,11-12,16H,6-8H2,1-5H3,(H,18,20). The quantitative estimate of drug-likeness (QED) is 0.870. The van der Waals surface area contributed by atoms with Crippen molar-refractivity contribution in [3.8, 4) is 0 Å². The number of aryl methyl sites for hydroxylation is 1. The average Bonchev–Trinajstić information content (AvgIpc) is 2.67. The smallest absolute Gasteiger partial charge is 0.413 e. The number of hydrogen-bond acceptors (Lipinski definition) is 5. The number of carbonyl (C=O) groups is 1. The Morgan fingerprint density at radius 3 is 2.73 bits per heavy atom. The second-order valence-corrected chi connectivity index (χ2v) is 6.68. The van der Waals surface area contributed by atoms with Gasteiger partial charge in [-0.05, 0) is 33.6 Å². The van der Waals surface area contributed by atoms with E-state index in [4.69, 9.17) is 9.47 Å². The van der Waals surface area contributed by atoms with Crippen molar-refractivity contribution >= 4 is 11.9 Å². The first kappa shape index (κ1) is 16.8. The Bertz CT molecular complexity index is 515. The fourth-order valence-electron chi connectivity index (χ4n) is 2.35. The maximum atomic E-state index is 11.9. The fraction of sp³-hybridized carbons (Fsp3) is 0.733. The molecule has 124 valence electrons. The number of aromatic nitrogens is 2. The predicted molar refractivity (Wildman–Crippen MR) is 83.7 cm³/mol. The second kappa shape index (κ2) is 6.66. The van der Waals surface area contributed by atoms with Crippen LogP contribution in [0.1, 0.15) is 39.2 Å². The summed E-state index contributed by atoms with van der Waals surface area (Å²) in [5, 5.41) is 10.4. The lowest BCUT2D eigenvalue weighted by Crippen LogP contribution is -2.44. The van der Waals surface area contributed by atoms with E-state index in [1.165, 1.54) is 0 Å². The van der Waals surface area contributed by atoms with Crippen LogP contribution in [0.5, 0.6) is 0 Å². The molecule has 0 spiro atoms. The minimum Gasteiger partial charge on any atom is -0.444 e. The Morgan fingerprint density at radius 1 is 1.45 bits per heavy atom. The maximum absolute atomic E-state index is 11.9. The Morgan fingerprint density at radius 2 is 2.14 bits per heavy atom. The summed E-state index contributed by atoms with van der Waals surface area (Å²) in [7, 11) is 3.53. The van der Waals surface area contributed by atoms with E-state index in [0.29, 0.717) is 24.5 Å². The summed E-state index contributed by atoms with van der Waals surface area (Å²) in [6.07, 6.45) is 3.69. The molecular weight excluding hydrogens is 284 g/mol. The lowest BCUT2D eigenvalue weighted by Gasteiger charge is -2.34. The number of nitrogens with zero attached hydrogens (tertiary/aromatic N) is 2. The van der Waals surface area contributed by atoms with Crippen LogP contribution in [0.3, 0.4) is 0 Å². The molecule has 2 N–H and O–H groups in total. The van der Waals surface area contributed by atoms with E-state index in [1.54, 1.807) is 25.0 Å². The van der Waals surface area contributed by atoms with Crippen LogP contribution in [-0.2, 0) is 23.1 Å². The summed E-state index contributed by atoms with van der Waals surface area (Å²) in [5.41, 5.74) is 0.413. The number of methoxy groups -OCH3 is 1. The van der Waals surface area contributed by atoms with Gasteiger partial charge in [0.2, 0.25) is 0 Å². The van der Waals surface area contributed by atoms with Crippen molar-refractivity contribution < 1.29 is 14.3 Å². The lowest BCUT2D eigenvalue weighted by atomic mass is 9.89. The number of anilines is 1. The second-order valence-electron chi connectivity index (χ2n) is 6.68. The van der Waals surface area contributed by atoms with Gasteiger partial charge >= 0.3 is 6.09 Å². The van der Waals surface area contributed by atoms with E-state index in [1.807, 2.05) is 20.8 Å². The number of rotatable bonds is 5. The van der Waals surface area contributed by atoms with Gasteiger partial charge in [-0.1, -0.05) is 0 Å². The van der Waals surface area contributed by atoms with Gasteiger partial charge in [-0.2, -0.15) is 5.10 Å². The van der Waals surface area contributed by atoms with E-state index in [-0.39, 0.29) is 0 Å². The predicted octanol–water partition coefficient (Wildman–Crippen LogP) is 2.03. The van der Waals surface area contributed by atoms with Crippen molar-refractivity contribution in [1.82, 2.24) is 15.1 Å². The summed E-state index contributed by atoms with van der Waals surface area (Å²) in [4.78, 5) is 11.9. The molecule has 1 aromatic heterocycles. The SMILES string of the molecule is COC1CC(NCc2cnn(C)c2NC(=O)OC(C)(C)C)C1. The molecule has 1 aromatic rings. The van der Waals surface area contributed by atoms with Crippen molar-refractivity contribution in [2.45, 2.75) is 57.9 Å². The van der Waals surface area contributed by atoms with Crippen molar-refractivity contribution in [2.75, 3.05) is 12.4 Å². The largest absolute Gasteiger partial charge is 0.444 e. The van der Waals surface area contributed by atoms with Crippen LogP contribution in [0.15, 0.2) is 6.20 Å². The highest BCUT2D eigenvalue weighted by molar-refractivity contribution is 5.84. The van der Waals surface area contributed by atoms with Crippen molar-refractivity contribution in [1.29, 1.82) is 0 Å². The average molecular weight is 310 g/mol. The van der Waals surface area contributed by atoms with Gasteiger partial charge in [-0.3, -0.25) is 10.00 Å². The molecule has 1 heterocycles. The zero-order valence-electron chi connectivity index (χ0n) is 14.0. The van der Waals surface area contributed by atoms with Crippen molar-refractivity contribution in [3.05, 3.63) is 11.8 Å². The highest BCUT2D eigenvalue weighted by Gasteiger charge is 2.28. The lowest BCUT2D eigenvalue weighted by molar-refractivity contribution is 0.0170. The number of carbonyl (C=O) groups excluding carboxylic acids is 1. The molecule has 7 heteroatoms. The highest BCUT2D eigenvalue weighted by atomic mass is 16.6. The van der Waals surface area contributed by atoms with E-state index in [0.717, 1.165) is 18.4 Å². The first-order chi connectivity index (χ1) is 10.3. The van der Waals surface area contributed by atoms with Crippen LogP contribution >= 0.6 is 0 Å². The summed E-state index contributed by atoms with van der Waals surface area (Å²) in [6.45, 7) is 6.16. The molecule has 0 radical (unpaired) electrons. The first-order valence-electron chi connectivity index (χ1n) is 7.55. The van der Waals surface area contributed by atoms with Crippen molar-refractivity contribution in [2.24, 2.45) is 7.05 Å². The van der Waals surface area contributed by atoms with Gasteiger partial charge in [-0.15, -0.1) is 0 Å². The summed E-state index contributed by atoms with van der Waals surface area (Å²) in [5.74, 6) is 0.657. The zero-order chi connectivity index (χ0) is 16.3. The monoisotopic (exact) mass is 310 g/mol. The highest BCUT2D eigenvalue weighted by Crippen LogP contribution is 2.24. The number of hydrogen-bond donors (Lipinski definition) is 2. The molecule has 1 fully saturated rings. The summed E-state index contributed by atoms with van der Waals surface area (Å²) >= 11 is 0. The Hall–Kier alpha value is -1.60. The van der Waals surface area contributed by atoms with Crippen LogP contribution in [-0.4, -0.2) is 40.7 Å². The topological polar surface area (TPSA) is 77.4 Å². The van der Waals surface area contributed by atoms with E-state index in [9.17, 15) is 4.79 Å². The molecule has 1 saturated carbocycles. The van der Waals surface area contributed by atoms with E-state index >= 15 is 0 Å². The molecular formula is C15H26N4O3. The van der Waals surface area contributed by atoms with Gasteiger partial charge in [0, 0.05) is 32.3 Å². The first-order valence-corrected chi connectivity index (χ1v) is 7.55. The van der Waals surface area contributed by atoms with Crippen LogP contribution in [0.4, 0.5) is 10.6 Å². The molecule has 2 rings (SSSR count). The summed E-state index contributed by atoms with van der Waals surface area (Å²) in [6, 6.07) is 0.458. The van der Waals surface area contributed by atoms with Gasteiger partial charge in [0.1, 0.15) is 11.4 Å². The number of ether oxygens (including phenoxy) is 2. The van der Waals surface area contributed by atoms with Crippen LogP contribution < -0.4 is 10.6 Å². The van der Waals surface area contributed by atoms with Gasteiger partial charge in [0.15, 0.2) is 0 Å². The van der Waals surface area contributed by atoms with Crippen LogP contribution in [0.25, 0.3) is 0 Å². The molecule has 22 heavy (non-hydrogen) atoms. The normalized spacial score (nSPS) is 21.3. The molecule has 1 aliphatic carbocycles. The fourth-order valence-corrected chi connectivity index (χ4v) is 2.35. The minimum absolute atomic E-state index is 0.366. The third kappa shape index (κ3) is 4.45. The molecule has 0 unspecified atom stereocenters. The van der Waals surface area contributed by atoms with Gasteiger partial charge in [0.05, 0.1) is 12.3 Å². The van der Waals surface area contributed by atoms with Gasteiger partial charge in [0.25, 0.3) is 0 Å². The number of nitrogens with one attached hydrogen (secondary N) is 2. The van der Waals surface area contributed by atoms with E-state index in [2.05, 4.69) is 15.7 Å². The molecule has 1 amide bonds. The van der Waals surface area contributed by atoms with Crippen LogP contribution in [0.2, 0.25) is 0 Å². The Balaban J connectivity index is 1.89. The minimum atomic E-state index is -0.526. The summed E-state index contributed by atoms with van der Waals surface area (Å²) < 4.78 is 12.2. The van der Waals surface area contributed by atoms with Gasteiger partial charge < -0.3 is 14.8 Å². The van der Waals surface area contributed by atoms with Gasteiger partial charge in [-0.25, -0.2) is 4.79 Å². The maximum Gasteiger partial charge on any atom is 0.413 e. The third-order valence-electron chi connectivity index (χ3n) is 3.64. The molecule has 1 aliphatic rings. The molecule has 0 aromatic carbocycles. The zero-order valence-corrected chi connectivity index (χ0v) is 14.0. The Labute approximate surface area is 131 Å². The molecule has 0 aliphatic heterocycles. The number of amides is 1. The van der Waals surface area contributed by atoms with E-state index < -0.39 is 11.7 Å². The van der Waals surface area contributed by atoms with Crippen molar-refractivity contribution in [3.63, 3.8) is 0 Å². The molecule has 7 nitrogen and oxygen atoms in total. The molecule has 0 bridgehead atoms. The Kier molecular flexibility index (Phi) is 5.08. The van der Waals surface area contributed by atoms with Crippen LogP contribution in [0, 0.1) is 0 Å².